The molecule has 2 aromatic carbocycles. The van der Waals surface area contributed by atoms with Crippen molar-refractivity contribution in [2.24, 2.45) is 0 Å². The Bertz CT molecular complexity index is 850. The number of rotatable bonds is 10. The largest absolute Gasteiger partial charge is 0.378 e. The molecule has 0 fully saturated rings. The van der Waals surface area contributed by atoms with Crippen LogP contribution in [0.5, 0.6) is 0 Å². The predicted molar refractivity (Wildman–Crippen MR) is 115 cm³/mol. The third kappa shape index (κ3) is 8.60. The van der Waals surface area contributed by atoms with Gasteiger partial charge in [-0.05, 0) is 18.7 Å². The molecular weight excluding hydrogens is 408 g/mol. The van der Waals surface area contributed by atoms with Crippen molar-refractivity contribution in [1.29, 1.82) is 0 Å². The van der Waals surface area contributed by atoms with Gasteiger partial charge in [0.05, 0.1) is 18.1 Å². The van der Waals surface area contributed by atoms with Gasteiger partial charge in [-0.15, -0.1) is 0 Å². The van der Waals surface area contributed by atoms with Crippen LogP contribution in [0.1, 0.15) is 15.9 Å². The lowest BCUT2D eigenvalue weighted by Gasteiger charge is -2.16. The van der Waals surface area contributed by atoms with Gasteiger partial charge < -0.3 is 10.1 Å². The molecule has 0 bridgehead atoms. The van der Waals surface area contributed by atoms with E-state index < -0.39 is 16.1 Å². The van der Waals surface area contributed by atoms with Crippen LogP contribution in [0.4, 0.5) is 10.5 Å². The first-order chi connectivity index (χ1) is 14.5. The third-order valence-corrected chi connectivity index (χ3v) is 4.68. The molecule has 0 aromatic heterocycles. The molecule has 9 nitrogen and oxygen atoms in total. The molecule has 160 valence electrons. The maximum atomic E-state index is 12.0. The van der Waals surface area contributed by atoms with E-state index in [-0.39, 0.29) is 11.3 Å². The molecule has 0 saturated heterocycles. The monoisotopic (exact) mass is 432 g/mol. The highest BCUT2D eigenvalue weighted by atomic mass is 32.2. The van der Waals surface area contributed by atoms with Gasteiger partial charge in [-0.3, -0.25) is 24.5 Å². The van der Waals surface area contributed by atoms with Crippen LogP contribution >= 0.6 is 11.9 Å². The SMILES string of the molecule is CN(CCOCCNC(=O)NSC(=O)c1cccc([N+](=O)[O-])c1)Cc1ccccc1. The summed E-state index contributed by atoms with van der Waals surface area (Å²) in [5, 5.41) is 12.8. The zero-order valence-corrected chi connectivity index (χ0v) is 17.4. The molecule has 2 amide bonds. The Morgan fingerprint density at radius 1 is 1.13 bits per heavy atom. The number of urea groups is 1. The van der Waals surface area contributed by atoms with E-state index >= 15 is 0 Å². The normalized spacial score (nSPS) is 10.6. The highest BCUT2D eigenvalue weighted by Gasteiger charge is 2.13. The molecule has 0 heterocycles. The number of nitro benzene ring substituents is 1. The van der Waals surface area contributed by atoms with Crippen molar-refractivity contribution in [3.63, 3.8) is 0 Å². The standard InChI is InChI=1S/C20H24N4O5S/c1-23(15-16-6-3-2-4-7-16)11-13-29-12-10-21-20(26)22-30-19(25)17-8-5-9-18(14-17)24(27)28/h2-9,14H,10-13,15H2,1H3,(H2,21,22,26). The van der Waals surface area contributed by atoms with Gasteiger partial charge in [-0.2, -0.15) is 0 Å². The number of nitrogens with zero attached hydrogens (tertiary/aromatic N) is 2. The Kier molecular flexibility index (Phi) is 9.78. The topological polar surface area (TPSA) is 114 Å². The quantitative estimate of drug-likeness (QED) is 0.257. The fraction of sp³-hybridized carbons (Fsp3) is 0.300. The van der Waals surface area contributed by atoms with Crippen LogP contribution in [0.15, 0.2) is 54.6 Å². The molecule has 2 N–H and O–H groups in total. The van der Waals surface area contributed by atoms with E-state index in [0.717, 1.165) is 19.2 Å². The molecular formula is C20H24N4O5S. The summed E-state index contributed by atoms with van der Waals surface area (Å²) in [5.74, 6) is 0. The van der Waals surface area contributed by atoms with Crippen molar-refractivity contribution < 1.29 is 19.2 Å². The van der Waals surface area contributed by atoms with Gasteiger partial charge in [0.2, 0.25) is 5.12 Å². The lowest BCUT2D eigenvalue weighted by Crippen LogP contribution is -2.34. The summed E-state index contributed by atoms with van der Waals surface area (Å²) in [6, 6.07) is 14.9. The van der Waals surface area contributed by atoms with E-state index in [1.807, 2.05) is 25.2 Å². The summed E-state index contributed by atoms with van der Waals surface area (Å²) in [5.41, 5.74) is 1.19. The molecule has 0 radical (unpaired) electrons. The van der Waals surface area contributed by atoms with Crippen molar-refractivity contribution >= 4 is 28.8 Å². The molecule has 0 atom stereocenters. The van der Waals surface area contributed by atoms with Gasteiger partial charge >= 0.3 is 6.03 Å². The summed E-state index contributed by atoms with van der Waals surface area (Å²) >= 11 is 0.560. The Balaban J connectivity index is 1.55. The predicted octanol–water partition coefficient (Wildman–Crippen LogP) is 2.83. The van der Waals surface area contributed by atoms with Crippen LogP contribution in [0.3, 0.4) is 0 Å². The van der Waals surface area contributed by atoms with E-state index in [9.17, 15) is 19.7 Å². The van der Waals surface area contributed by atoms with Gasteiger partial charge in [0.1, 0.15) is 0 Å². The summed E-state index contributed by atoms with van der Waals surface area (Å²) in [6.45, 7) is 2.76. The lowest BCUT2D eigenvalue weighted by molar-refractivity contribution is -0.384. The lowest BCUT2D eigenvalue weighted by atomic mass is 10.2. The van der Waals surface area contributed by atoms with Gasteiger partial charge in [-0.1, -0.05) is 36.4 Å². The van der Waals surface area contributed by atoms with Gasteiger partial charge in [-0.25, -0.2) is 4.79 Å². The summed E-state index contributed by atoms with van der Waals surface area (Å²) < 4.78 is 7.85. The third-order valence-electron chi connectivity index (χ3n) is 3.97. The van der Waals surface area contributed by atoms with Crippen LogP contribution < -0.4 is 10.0 Å². The minimum atomic E-state index is -0.582. The smallest absolute Gasteiger partial charge is 0.325 e. The molecule has 0 unspecified atom stereocenters. The van der Waals surface area contributed by atoms with Gasteiger partial charge in [0.25, 0.3) is 5.69 Å². The molecule has 30 heavy (non-hydrogen) atoms. The fourth-order valence-corrected chi connectivity index (χ4v) is 2.97. The van der Waals surface area contributed by atoms with Crippen LogP contribution in [-0.2, 0) is 11.3 Å². The van der Waals surface area contributed by atoms with Crippen molar-refractivity contribution in [3.8, 4) is 0 Å². The second-order valence-electron chi connectivity index (χ2n) is 6.39. The Morgan fingerprint density at radius 3 is 2.63 bits per heavy atom. The number of non-ortho nitro benzene ring substituents is 1. The van der Waals surface area contributed by atoms with Crippen LogP contribution in [0.25, 0.3) is 0 Å². The highest BCUT2D eigenvalue weighted by Crippen LogP contribution is 2.16. The maximum absolute atomic E-state index is 12.0. The number of carbonyl (C=O) groups is 2. The second kappa shape index (κ2) is 12.6. The van der Waals surface area contributed by atoms with Crippen LogP contribution in [0, 0.1) is 10.1 Å². The number of nitro groups is 1. The molecule has 0 spiro atoms. The number of carbonyl (C=O) groups excluding carboxylic acids is 2. The molecule has 0 aliphatic carbocycles. The van der Waals surface area contributed by atoms with Crippen molar-refractivity contribution in [2.45, 2.75) is 6.54 Å². The Labute approximate surface area is 179 Å². The van der Waals surface area contributed by atoms with E-state index in [0.29, 0.717) is 31.7 Å². The van der Waals surface area contributed by atoms with Crippen molar-refractivity contribution in [1.82, 2.24) is 14.9 Å². The number of nitrogens with one attached hydrogen (secondary N) is 2. The minimum Gasteiger partial charge on any atom is -0.378 e. The molecule has 2 aromatic rings. The zero-order chi connectivity index (χ0) is 21.8. The van der Waals surface area contributed by atoms with E-state index in [1.54, 1.807) is 0 Å². The minimum absolute atomic E-state index is 0.137. The molecule has 2 rings (SSSR count). The van der Waals surface area contributed by atoms with Crippen molar-refractivity contribution in [2.75, 3.05) is 33.4 Å². The summed E-state index contributed by atoms with van der Waals surface area (Å²) in [7, 11) is 2.01. The number of likely N-dealkylation sites (N-methyl/N-ethyl adjacent to an activating group) is 1. The average Bonchev–Trinajstić information content (AvgIpc) is 2.75. The fourth-order valence-electron chi connectivity index (χ4n) is 2.47. The molecule has 0 aliphatic rings. The first-order valence-electron chi connectivity index (χ1n) is 9.25. The van der Waals surface area contributed by atoms with E-state index in [2.05, 4.69) is 27.1 Å². The summed E-state index contributed by atoms with van der Waals surface area (Å²) in [4.78, 5) is 36.0. The molecule has 0 aliphatic heterocycles. The van der Waals surface area contributed by atoms with Crippen LogP contribution in [-0.4, -0.2) is 54.3 Å². The highest BCUT2D eigenvalue weighted by molar-refractivity contribution is 8.12. The second-order valence-corrected chi connectivity index (χ2v) is 7.17. The number of ether oxygens (including phenoxy) is 1. The Morgan fingerprint density at radius 2 is 1.90 bits per heavy atom. The number of amides is 2. The number of benzene rings is 2. The number of hydrogen-bond acceptors (Lipinski definition) is 7. The Hall–Kier alpha value is -2.95. The van der Waals surface area contributed by atoms with E-state index in [1.165, 1.54) is 23.8 Å². The number of hydrogen-bond donors (Lipinski definition) is 2. The van der Waals surface area contributed by atoms with Gasteiger partial charge in [0.15, 0.2) is 0 Å². The maximum Gasteiger partial charge on any atom is 0.325 e. The average molecular weight is 433 g/mol. The van der Waals surface area contributed by atoms with Crippen LogP contribution in [0.2, 0.25) is 0 Å². The van der Waals surface area contributed by atoms with E-state index in [4.69, 9.17) is 4.74 Å². The van der Waals surface area contributed by atoms with Gasteiger partial charge in [0, 0.05) is 49.3 Å². The first-order valence-corrected chi connectivity index (χ1v) is 10.1. The molecule has 10 heteroatoms. The zero-order valence-electron chi connectivity index (χ0n) is 16.6. The first kappa shape index (κ1) is 23.3. The molecule has 0 saturated carbocycles. The summed E-state index contributed by atoms with van der Waals surface area (Å²) in [6.07, 6.45) is 0. The van der Waals surface area contributed by atoms with Crippen molar-refractivity contribution in [3.05, 3.63) is 75.8 Å².